The molecule has 2 atom stereocenters. The lowest BCUT2D eigenvalue weighted by molar-refractivity contribution is 0.195. The number of hydrogen-bond donors (Lipinski definition) is 1. The summed E-state index contributed by atoms with van der Waals surface area (Å²) < 4.78 is 2.72. The maximum absolute atomic E-state index is 4.05. The molecule has 2 aromatic heterocycles. The van der Waals surface area contributed by atoms with Crippen LogP contribution in [0.1, 0.15) is 96.4 Å². The van der Waals surface area contributed by atoms with E-state index < -0.39 is 0 Å². The minimum Gasteiger partial charge on any atom is -0.353 e. The molecule has 4 aliphatic rings. The Morgan fingerprint density at radius 1 is 0.745 bits per heavy atom. The van der Waals surface area contributed by atoms with Gasteiger partial charge in [0, 0.05) is 43.2 Å². The Balaban J connectivity index is 1.29. The Morgan fingerprint density at radius 3 is 2.33 bits per heavy atom. The first-order valence-corrected chi connectivity index (χ1v) is 19.9. The van der Waals surface area contributed by atoms with E-state index >= 15 is 0 Å². The number of para-hydroxylation sites is 1. The normalized spacial score (nSPS) is 22.5. The van der Waals surface area contributed by atoms with Crippen molar-refractivity contribution in [1.29, 1.82) is 0 Å². The number of anilines is 2. The first-order chi connectivity index (χ1) is 24.4. The minimum atomic E-state index is -0.137. The van der Waals surface area contributed by atoms with Crippen molar-refractivity contribution in [2.24, 2.45) is 0 Å². The molecule has 1 saturated carbocycles. The van der Waals surface area contributed by atoms with Gasteiger partial charge in [-0.3, -0.25) is 0 Å². The van der Waals surface area contributed by atoms with Crippen LogP contribution in [0.2, 0.25) is 0 Å². The highest BCUT2D eigenvalue weighted by Crippen LogP contribution is 2.63. The smallest absolute Gasteiger partial charge is 0.198 e. The number of aromatic nitrogens is 1. The van der Waals surface area contributed by atoms with Crippen LogP contribution in [0, 0.1) is 0 Å². The summed E-state index contributed by atoms with van der Waals surface area (Å²) in [6, 6.07) is 33.0. The van der Waals surface area contributed by atoms with E-state index in [9.17, 15) is 0 Å². The zero-order chi connectivity index (χ0) is 34.8. The summed E-state index contributed by atoms with van der Waals surface area (Å²) in [4.78, 5) is 6.94. The number of thiophene rings is 1. The first kappa shape index (κ1) is 30.4. The van der Waals surface area contributed by atoms with Gasteiger partial charge in [-0.2, -0.15) is 0 Å². The Bertz CT molecular complexity index is 2680. The van der Waals surface area contributed by atoms with Gasteiger partial charge in [0.2, 0.25) is 0 Å². The third kappa shape index (κ3) is 3.60. The zero-order valence-corrected chi connectivity index (χ0v) is 31.8. The molecule has 0 bridgehead atoms. The van der Waals surface area contributed by atoms with Crippen molar-refractivity contribution in [3.8, 4) is 22.3 Å². The molecule has 7 aromatic rings. The molecule has 0 amide bonds. The second-order valence-electron chi connectivity index (χ2n) is 18.1. The molecule has 5 aromatic carbocycles. The van der Waals surface area contributed by atoms with Crippen molar-refractivity contribution in [1.82, 2.24) is 4.98 Å². The third-order valence-corrected chi connectivity index (χ3v) is 15.3. The van der Waals surface area contributed by atoms with Crippen molar-refractivity contribution in [2.45, 2.75) is 95.9 Å². The van der Waals surface area contributed by atoms with Crippen LogP contribution >= 0.6 is 11.3 Å². The van der Waals surface area contributed by atoms with Gasteiger partial charge < -0.3 is 9.88 Å². The topological polar surface area (TPSA) is 19.0 Å². The molecule has 4 heteroatoms. The summed E-state index contributed by atoms with van der Waals surface area (Å²) in [6.45, 7) is 17.3. The summed E-state index contributed by atoms with van der Waals surface area (Å²) in [5.41, 5.74) is 20.2. The van der Waals surface area contributed by atoms with Crippen molar-refractivity contribution >= 4 is 72.1 Å². The number of fused-ring (bicyclic) bond motifs is 13. The predicted octanol–water partition coefficient (Wildman–Crippen LogP) is 11.2. The number of benzene rings is 5. The molecule has 2 aliphatic heterocycles. The van der Waals surface area contributed by atoms with Gasteiger partial charge in [0.05, 0.1) is 21.3 Å². The molecule has 2 unspecified atom stereocenters. The van der Waals surface area contributed by atoms with Gasteiger partial charge in [-0.25, -0.2) is 0 Å². The van der Waals surface area contributed by atoms with Crippen molar-refractivity contribution in [2.75, 3.05) is 4.90 Å². The van der Waals surface area contributed by atoms with E-state index in [0.29, 0.717) is 0 Å². The van der Waals surface area contributed by atoms with E-state index in [-0.39, 0.29) is 21.8 Å². The molecule has 4 heterocycles. The number of aromatic amines is 1. The fourth-order valence-electron chi connectivity index (χ4n) is 11.3. The highest BCUT2D eigenvalue weighted by Gasteiger charge is 2.60. The fraction of sp³-hybridized carbons (Fsp3) is 0.319. The Labute approximate surface area is 306 Å². The SMILES string of the molecule is CC(C)(C)c1cc2c3c(c1)C1(C)CCCCC1(C)N3c1cc3c(c(-c4cccc5c4[nH]c4c6ccccc6sc54)c1B2)C(C)(C)c1ccccc1-3. The third-order valence-electron chi connectivity index (χ3n) is 14.1. The Hall–Kier alpha value is -4.28. The lowest BCUT2D eigenvalue weighted by Gasteiger charge is -2.51. The number of H-pyrrole nitrogens is 1. The number of hydrogen-bond acceptors (Lipinski definition) is 2. The van der Waals surface area contributed by atoms with Crippen LogP contribution in [0.3, 0.4) is 0 Å². The van der Waals surface area contributed by atoms with Gasteiger partial charge in [0.1, 0.15) is 0 Å². The van der Waals surface area contributed by atoms with Crippen LogP contribution in [0.5, 0.6) is 0 Å². The highest BCUT2D eigenvalue weighted by molar-refractivity contribution is 7.26. The fourth-order valence-corrected chi connectivity index (χ4v) is 12.4. The Morgan fingerprint density at radius 2 is 1.49 bits per heavy atom. The molecule has 0 saturated heterocycles. The maximum Gasteiger partial charge on any atom is 0.198 e. The standard InChI is InChI=1S/C47H45BN2S/c1-44(2,3)26-23-33-42-34(24-26)48-39-35(50(42)47(7)22-13-12-21-46(33,47)6)25-31-27-15-8-10-19-32(27)45(4,5)38(31)37(39)29-17-14-18-30-40(29)49-41-28-16-9-11-20-36(28)51-43(30)41/h8-11,14-20,23-25,48-49H,12-13,21-22H2,1-7H3. The average Bonchev–Trinajstić information content (AvgIpc) is 3.78. The van der Waals surface area contributed by atoms with Crippen LogP contribution in [-0.2, 0) is 16.2 Å². The van der Waals surface area contributed by atoms with Crippen molar-refractivity contribution < 1.29 is 0 Å². The number of nitrogens with zero attached hydrogens (tertiary/aromatic N) is 1. The Kier molecular flexibility index (Phi) is 5.70. The lowest BCUT2D eigenvalue weighted by atomic mass is 9.56. The van der Waals surface area contributed by atoms with Crippen molar-refractivity contribution in [3.63, 3.8) is 0 Å². The van der Waals surface area contributed by atoms with Gasteiger partial charge in [-0.05, 0) is 81.7 Å². The second kappa shape index (κ2) is 9.58. The van der Waals surface area contributed by atoms with Gasteiger partial charge in [0.25, 0.3) is 0 Å². The summed E-state index contributed by atoms with van der Waals surface area (Å²) in [5.74, 6) is 0. The molecule has 252 valence electrons. The molecular formula is C47H45BN2S. The van der Waals surface area contributed by atoms with E-state index in [0.717, 1.165) is 7.28 Å². The maximum atomic E-state index is 4.05. The second-order valence-corrected chi connectivity index (χ2v) is 19.2. The minimum absolute atomic E-state index is 0.00707. The van der Waals surface area contributed by atoms with E-state index in [2.05, 4.69) is 143 Å². The largest absolute Gasteiger partial charge is 0.353 e. The molecular weight excluding hydrogens is 635 g/mol. The van der Waals surface area contributed by atoms with Crippen LogP contribution in [-0.4, -0.2) is 17.8 Å². The summed E-state index contributed by atoms with van der Waals surface area (Å²) >= 11 is 1.92. The predicted molar refractivity (Wildman–Crippen MR) is 222 cm³/mol. The lowest BCUT2D eigenvalue weighted by Crippen LogP contribution is -2.57. The van der Waals surface area contributed by atoms with Gasteiger partial charge in [0.15, 0.2) is 7.28 Å². The molecule has 11 rings (SSSR count). The first-order valence-electron chi connectivity index (χ1n) is 19.1. The van der Waals surface area contributed by atoms with E-state index in [1.807, 2.05) is 11.3 Å². The summed E-state index contributed by atoms with van der Waals surface area (Å²) in [6.07, 6.45) is 5.05. The molecule has 1 N–H and O–H groups in total. The molecule has 51 heavy (non-hydrogen) atoms. The monoisotopic (exact) mass is 680 g/mol. The van der Waals surface area contributed by atoms with Crippen LogP contribution < -0.4 is 15.8 Å². The number of nitrogens with one attached hydrogen (secondary N) is 1. The molecule has 0 spiro atoms. The molecule has 2 nitrogen and oxygen atoms in total. The van der Waals surface area contributed by atoms with Crippen LogP contribution in [0.25, 0.3) is 53.5 Å². The van der Waals surface area contributed by atoms with Crippen molar-refractivity contribution in [3.05, 3.63) is 107 Å². The van der Waals surface area contributed by atoms with Gasteiger partial charge >= 0.3 is 0 Å². The molecule has 2 aliphatic carbocycles. The summed E-state index contributed by atoms with van der Waals surface area (Å²) in [5, 5.41) is 2.66. The van der Waals surface area contributed by atoms with E-state index in [4.69, 9.17) is 0 Å². The quantitative estimate of drug-likeness (QED) is 0.171. The van der Waals surface area contributed by atoms with Gasteiger partial charge in [-0.1, -0.05) is 133 Å². The highest BCUT2D eigenvalue weighted by atomic mass is 32.1. The van der Waals surface area contributed by atoms with E-state index in [1.54, 1.807) is 5.56 Å². The number of rotatable bonds is 1. The van der Waals surface area contributed by atoms with Crippen LogP contribution in [0.4, 0.5) is 11.4 Å². The van der Waals surface area contributed by atoms with E-state index in [1.165, 1.54) is 118 Å². The van der Waals surface area contributed by atoms with Crippen LogP contribution in [0.15, 0.2) is 84.9 Å². The average molecular weight is 681 g/mol. The molecule has 0 radical (unpaired) electrons. The zero-order valence-electron chi connectivity index (χ0n) is 31.0. The summed E-state index contributed by atoms with van der Waals surface area (Å²) in [7, 11) is 0.952. The van der Waals surface area contributed by atoms with Gasteiger partial charge in [-0.15, -0.1) is 11.3 Å². The molecule has 1 fully saturated rings.